The molecule has 54 valence electrons. The molecule has 3 heteroatoms. The number of carbonyl (C=O) groups is 1. The molecule has 0 radical (unpaired) electrons. The summed E-state index contributed by atoms with van der Waals surface area (Å²) in [4.78, 5) is 10.7. The van der Waals surface area contributed by atoms with Gasteiger partial charge in [-0.3, -0.25) is 4.79 Å². The highest BCUT2D eigenvalue weighted by Crippen LogP contribution is 1.99. The van der Waals surface area contributed by atoms with Gasteiger partial charge in [-0.2, -0.15) is 12.6 Å². The van der Waals surface area contributed by atoms with Crippen LogP contribution in [0, 0.1) is 5.92 Å². The molecule has 0 fully saturated rings. The van der Waals surface area contributed by atoms with Crippen LogP contribution in [0.2, 0.25) is 0 Å². The minimum atomic E-state index is -0.160. The van der Waals surface area contributed by atoms with Gasteiger partial charge in [0.1, 0.15) is 0 Å². The molecule has 1 atom stereocenters. The zero-order valence-electron chi connectivity index (χ0n) is 5.76. The van der Waals surface area contributed by atoms with Crippen LogP contribution in [-0.4, -0.2) is 18.3 Å². The quantitative estimate of drug-likeness (QED) is 0.479. The summed E-state index contributed by atoms with van der Waals surface area (Å²) in [5.74, 6) is 0.319. The normalized spacial score (nSPS) is 12.8. The van der Waals surface area contributed by atoms with Crippen molar-refractivity contribution in [3.05, 3.63) is 0 Å². The third-order valence-electron chi connectivity index (χ3n) is 0.963. The summed E-state index contributed by atoms with van der Waals surface area (Å²) in [5.41, 5.74) is 0. The Labute approximate surface area is 61.0 Å². The molecular formula is C6H12O2S. The molecule has 0 amide bonds. The van der Waals surface area contributed by atoms with E-state index < -0.39 is 0 Å². The maximum absolute atomic E-state index is 10.7. The number of carbonyl (C=O) groups excluding carboxylic acids is 1. The third-order valence-corrected chi connectivity index (χ3v) is 1.51. The van der Waals surface area contributed by atoms with E-state index in [9.17, 15) is 4.79 Å². The van der Waals surface area contributed by atoms with E-state index in [2.05, 4.69) is 12.6 Å². The molecule has 0 saturated carbocycles. The molecule has 9 heavy (non-hydrogen) atoms. The van der Waals surface area contributed by atoms with E-state index in [1.54, 1.807) is 13.8 Å². The van der Waals surface area contributed by atoms with Crippen LogP contribution in [0.25, 0.3) is 0 Å². The third kappa shape index (κ3) is 3.40. The lowest BCUT2D eigenvalue weighted by Gasteiger charge is -2.05. The Morgan fingerprint density at radius 1 is 1.78 bits per heavy atom. The second kappa shape index (κ2) is 4.68. The van der Waals surface area contributed by atoms with Crippen molar-refractivity contribution in [3.8, 4) is 0 Å². The molecule has 0 unspecified atom stereocenters. The van der Waals surface area contributed by atoms with Gasteiger partial charge in [0.2, 0.25) is 0 Å². The van der Waals surface area contributed by atoms with Crippen LogP contribution in [0.5, 0.6) is 0 Å². The minimum Gasteiger partial charge on any atom is -0.466 e. The predicted octanol–water partition coefficient (Wildman–Crippen LogP) is 1.12. The topological polar surface area (TPSA) is 26.3 Å². The van der Waals surface area contributed by atoms with Gasteiger partial charge in [-0.25, -0.2) is 0 Å². The number of rotatable bonds is 3. The second-order valence-electron chi connectivity index (χ2n) is 1.84. The Kier molecular flexibility index (Phi) is 4.58. The van der Waals surface area contributed by atoms with Gasteiger partial charge in [-0.15, -0.1) is 0 Å². The fraction of sp³-hybridized carbons (Fsp3) is 0.833. The Hall–Kier alpha value is -0.180. The first-order valence-corrected chi connectivity index (χ1v) is 3.63. The molecule has 0 aliphatic heterocycles. The first-order chi connectivity index (χ1) is 4.22. The zero-order chi connectivity index (χ0) is 7.28. The molecule has 0 aromatic carbocycles. The summed E-state index contributed by atoms with van der Waals surface area (Å²) in [6.07, 6.45) is 0. The van der Waals surface area contributed by atoms with Crippen molar-refractivity contribution < 1.29 is 9.53 Å². The Morgan fingerprint density at radius 3 is 2.67 bits per heavy atom. The Morgan fingerprint density at radius 2 is 2.33 bits per heavy atom. The number of hydrogen-bond acceptors (Lipinski definition) is 3. The van der Waals surface area contributed by atoms with Gasteiger partial charge >= 0.3 is 5.97 Å². The van der Waals surface area contributed by atoms with Gasteiger partial charge in [0.25, 0.3) is 0 Å². The number of ether oxygens (including phenoxy) is 1. The summed E-state index contributed by atoms with van der Waals surface area (Å²) >= 11 is 3.95. The standard InChI is InChI=1S/C6H12O2S/c1-3-8-6(7)5(2)4-9/h5,9H,3-4H2,1-2H3/t5-/m1/s1. The fourth-order valence-corrected chi connectivity index (χ4v) is 0.508. The summed E-state index contributed by atoms with van der Waals surface area (Å²) in [7, 11) is 0. The van der Waals surface area contributed by atoms with Crippen molar-refractivity contribution in [2.45, 2.75) is 13.8 Å². The molecule has 0 bridgehead atoms. The van der Waals surface area contributed by atoms with Gasteiger partial charge < -0.3 is 4.74 Å². The molecule has 0 aromatic heterocycles. The van der Waals surface area contributed by atoms with Gasteiger partial charge in [0.15, 0.2) is 0 Å². The van der Waals surface area contributed by atoms with Crippen molar-refractivity contribution in [3.63, 3.8) is 0 Å². The van der Waals surface area contributed by atoms with Crippen LogP contribution in [0.4, 0.5) is 0 Å². The summed E-state index contributed by atoms with van der Waals surface area (Å²) < 4.78 is 4.71. The molecule has 0 aliphatic rings. The summed E-state index contributed by atoms with van der Waals surface area (Å²) in [6.45, 7) is 4.05. The molecule has 0 heterocycles. The highest BCUT2D eigenvalue weighted by atomic mass is 32.1. The van der Waals surface area contributed by atoms with E-state index in [1.807, 2.05) is 0 Å². The van der Waals surface area contributed by atoms with Gasteiger partial charge in [-0.1, -0.05) is 6.92 Å². The maximum Gasteiger partial charge on any atom is 0.309 e. The lowest BCUT2D eigenvalue weighted by atomic mass is 10.2. The molecule has 0 aliphatic carbocycles. The van der Waals surface area contributed by atoms with Crippen molar-refractivity contribution in [2.24, 2.45) is 5.92 Å². The summed E-state index contributed by atoms with van der Waals surface area (Å²) in [6, 6.07) is 0. The first-order valence-electron chi connectivity index (χ1n) is 2.99. The van der Waals surface area contributed by atoms with Crippen LogP contribution < -0.4 is 0 Å². The van der Waals surface area contributed by atoms with E-state index in [4.69, 9.17) is 4.74 Å². The highest BCUT2D eigenvalue weighted by molar-refractivity contribution is 7.80. The van der Waals surface area contributed by atoms with Crippen molar-refractivity contribution >= 4 is 18.6 Å². The lowest BCUT2D eigenvalue weighted by Crippen LogP contribution is -2.15. The van der Waals surface area contributed by atoms with Crippen LogP contribution in [0.15, 0.2) is 0 Å². The van der Waals surface area contributed by atoms with E-state index in [0.717, 1.165) is 0 Å². The van der Waals surface area contributed by atoms with Crippen molar-refractivity contribution in [1.29, 1.82) is 0 Å². The molecule has 0 saturated heterocycles. The average molecular weight is 148 g/mol. The average Bonchev–Trinajstić information content (AvgIpc) is 1.87. The smallest absolute Gasteiger partial charge is 0.309 e. The SMILES string of the molecule is CCOC(=O)[C@H](C)CS. The molecule has 0 rings (SSSR count). The number of hydrogen-bond donors (Lipinski definition) is 1. The Bertz CT molecular complexity index is 93.1. The highest BCUT2D eigenvalue weighted by Gasteiger charge is 2.10. The van der Waals surface area contributed by atoms with E-state index in [0.29, 0.717) is 12.4 Å². The molecular weight excluding hydrogens is 136 g/mol. The molecule has 0 aromatic rings. The largest absolute Gasteiger partial charge is 0.466 e. The van der Waals surface area contributed by atoms with E-state index >= 15 is 0 Å². The van der Waals surface area contributed by atoms with Crippen LogP contribution in [0.1, 0.15) is 13.8 Å². The fourth-order valence-electron chi connectivity index (χ4n) is 0.359. The monoisotopic (exact) mass is 148 g/mol. The second-order valence-corrected chi connectivity index (χ2v) is 2.20. The first kappa shape index (κ1) is 8.82. The van der Waals surface area contributed by atoms with Crippen LogP contribution >= 0.6 is 12.6 Å². The van der Waals surface area contributed by atoms with Gasteiger partial charge in [0, 0.05) is 5.75 Å². The van der Waals surface area contributed by atoms with Crippen LogP contribution in [0.3, 0.4) is 0 Å². The van der Waals surface area contributed by atoms with Crippen molar-refractivity contribution in [1.82, 2.24) is 0 Å². The molecule has 0 N–H and O–H groups in total. The van der Waals surface area contributed by atoms with Gasteiger partial charge in [-0.05, 0) is 6.92 Å². The number of thiol groups is 1. The predicted molar refractivity (Wildman–Crippen MR) is 39.7 cm³/mol. The maximum atomic E-state index is 10.7. The minimum absolute atomic E-state index is 0.0757. The molecule has 0 spiro atoms. The van der Waals surface area contributed by atoms with Gasteiger partial charge in [0.05, 0.1) is 12.5 Å². The Balaban J connectivity index is 3.46. The van der Waals surface area contributed by atoms with E-state index in [1.165, 1.54) is 0 Å². The van der Waals surface area contributed by atoms with Crippen molar-refractivity contribution in [2.75, 3.05) is 12.4 Å². The van der Waals surface area contributed by atoms with Crippen LogP contribution in [-0.2, 0) is 9.53 Å². The van der Waals surface area contributed by atoms with E-state index in [-0.39, 0.29) is 11.9 Å². The number of esters is 1. The zero-order valence-corrected chi connectivity index (χ0v) is 6.65. The summed E-state index contributed by atoms with van der Waals surface area (Å²) in [5, 5.41) is 0. The lowest BCUT2D eigenvalue weighted by molar-refractivity contribution is -0.146. The molecule has 2 nitrogen and oxygen atoms in total.